The highest BCUT2D eigenvalue weighted by Crippen LogP contribution is 2.34. The topological polar surface area (TPSA) is 105 Å². The van der Waals surface area contributed by atoms with E-state index in [1.807, 2.05) is 54.6 Å². The molecule has 33 heavy (non-hydrogen) atoms. The summed E-state index contributed by atoms with van der Waals surface area (Å²) in [4.78, 5) is 29.4. The number of hydrazone groups is 1. The largest absolute Gasteiger partial charge is 0.335 e. The van der Waals surface area contributed by atoms with Gasteiger partial charge in [-0.25, -0.2) is 5.84 Å². The molecule has 1 aliphatic rings. The summed E-state index contributed by atoms with van der Waals surface area (Å²) in [6, 6.07) is 24.3. The lowest BCUT2D eigenvalue weighted by Gasteiger charge is -2.37. The van der Waals surface area contributed by atoms with E-state index in [4.69, 9.17) is 11.7 Å². The van der Waals surface area contributed by atoms with Crippen LogP contribution in [0.25, 0.3) is 0 Å². The molecule has 7 heteroatoms. The molecule has 0 saturated heterocycles. The Bertz CT molecular complexity index is 1180. The summed E-state index contributed by atoms with van der Waals surface area (Å²) in [6.45, 7) is 2.45. The van der Waals surface area contributed by atoms with Gasteiger partial charge in [0.05, 0.1) is 11.9 Å². The van der Waals surface area contributed by atoms with E-state index in [0.29, 0.717) is 30.8 Å². The summed E-state index contributed by atoms with van der Waals surface area (Å²) in [7, 11) is 0. The Morgan fingerprint density at radius 1 is 1.03 bits per heavy atom. The highest BCUT2D eigenvalue weighted by molar-refractivity contribution is 6.20. The summed E-state index contributed by atoms with van der Waals surface area (Å²) < 4.78 is 0. The zero-order valence-corrected chi connectivity index (χ0v) is 18.5. The van der Waals surface area contributed by atoms with Gasteiger partial charge in [0.15, 0.2) is 11.3 Å². The van der Waals surface area contributed by atoms with Gasteiger partial charge in [-0.15, -0.1) is 0 Å². The van der Waals surface area contributed by atoms with Gasteiger partial charge in [0.2, 0.25) is 0 Å². The molecule has 3 aromatic rings. The van der Waals surface area contributed by atoms with Gasteiger partial charge in [-0.05, 0) is 36.1 Å². The Morgan fingerprint density at radius 2 is 1.70 bits per heavy atom. The number of ketones is 1. The number of benzene rings is 3. The summed E-state index contributed by atoms with van der Waals surface area (Å²) in [6.07, 6.45) is 2.17. The lowest BCUT2D eigenvalue weighted by Crippen LogP contribution is -2.64. The molecule has 1 heterocycles. The number of hydrazine groups is 1. The van der Waals surface area contributed by atoms with E-state index >= 15 is 0 Å². The molecule has 1 atom stereocenters. The van der Waals surface area contributed by atoms with E-state index in [2.05, 4.69) is 5.10 Å². The van der Waals surface area contributed by atoms with Crippen molar-refractivity contribution in [2.45, 2.75) is 25.4 Å². The maximum atomic E-state index is 13.9. The van der Waals surface area contributed by atoms with Crippen molar-refractivity contribution < 1.29 is 9.59 Å². The second-order valence-electron chi connectivity index (χ2n) is 8.26. The molecule has 1 amide bonds. The van der Waals surface area contributed by atoms with Crippen molar-refractivity contribution in [2.75, 3.05) is 11.6 Å². The third kappa shape index (κ3) is 4.23. The summed E-state index contributed by atoms with van der Waals surface area (Å²) in [5.41, 5.74) is 2.22. The molecule has 0 spiro atoms. The first-order valence-corrected chi connectivity index (χ1v) is 10.8. The van der Waals surface area contributed by atoms with Crippen LogP contribution in [0.3, 0.4) is 0 Å². The Balaban J connectivity index is 1.72. The van der Waals surface area contributed by atoms with Crippen molar-refractivity contribution in [1.82, 2.24) is 4.90 Å². The van der Waals surface area contributed by atoms with Gasteiger partial charge in [0, 0.05) is 18.7 Å². The van der Waals surface area contributed by atoms with Crippen molar-refractivity contribution in [2.24, 2.45) is 16.8 Å². The van der Waals surface area contributed by atoms with Gasteiger partial charge in [0.1, 0.15) is 0 Å². The van der Waals surface area contributed by atoms with Crippen molar-refractivity contribution in [1.29, 1.82) is 0 Å². The van der Waals surface area contributed by atoms with Crippen LogP contribution in [0.2, 0.25) is 0 Å². The van der Waals surface area contributed by atoms with E-state index in [1.165, 1.54) is 11.2 Å². The molecule has 4 rings (SSSR count). The molecule has 0 aliphatic carbocycles. The number of carbonyl (C=O) groups excluding carboxylic acids is 2. The van der Waals surface area contributed by atoms with Crippen LogP contribution in [0.5, 0.6) is 0 Å². The first-order valence-electron chi connectivity index (χ1n) is 10.8. The van der Waals surface area contributed by atoms with E-state index < -0.39 is 5.54 Å². The van der Waals surface area contributed by atoms with Gasteiger partial charge in [-0.1, -0.05) is 72.8 Å². The number of hydrogen-bond donors (Lipinski definition) is 2. The number of rotatable bonds is 6. The van der Waals surface area contributed by atoms with Crippen LogP contribution in [-0.2, 0) is 17.8 Å². The lowest BCUT2D eigenvalue weighted by atomic mass is 9.88. The molecule has 0 aromatic heterocycles. The van der Waals surface area contributed by atoms with E-state index in [1.54, 1.807) is 36.1 Å². The minimum atomic E-state index is -1.60. The van der Waals surface area contributed by atoms with Gasteiger partial charge in [0.25, 0.3) is 5.91 Å². The summed E-state index contributed by atoms with van der Waals surface area (Å²) >= 11 is 0. The van der Waals surface area contributed by atoms with Crippen molar-refractivity contribution in [3.05, 3.63) is 101 Å². The fourth-order valence-electron chi connectivity index (χ4n) is 4.19. The number of para-hydroxylation sites is 1. The zero-order chi connectivity index (χ0) is 23.4. The lowest BCUT2D eigenvalue weighted by molar-refractivity contribution is -0.135. The third-order valence-corrected chi connectivity index (χ3v) is 6.15. The Morgan fingerprint density at radius 3 is 2.39 bits per heavy atom. The highest BCUT2D eigenvalue weighted by atomic mass is 16.2. The van der Waals surface area contributed by atoms with Crippen molar-refractivity contribution in [3.8, 4) is 0 Å². The molecule has 168 valence electrons. The summed E-state index contributed by atoms with van der Waals surface area (Å²) in [5.74, 6) is 11.0. The number of hydrogen-bond acceptors (Lipinski definition) is 6. The molecule has 1 aliphatic heterocycles. The standard InChI is InChI=1S/C26H27N5O2/c1-26(24(32)21-13-11-20(12-14-21)17-29-27)25(33)30(16-15-19-7-3-2-4-8-19)18-22-9-5-6-10-23(22)31(26)28/h2-14,17H,15-16,18,27-28H2,1H3. The molecular formula is C26H27N5O2. The maximum absolute atomic E-state index is 13.9. The SMILES string of the molecule is CC1(C(=O)c2ccc(C=NN)cc2)C(=O)N(CCc2ccccc2)Cc2ccccc2N1N. The number of Topliss-reactive ketones (excluding diaryl/α,β-unsaturated/α-hetero) is 1. The first-order chi connectivity index (χ1) is 15.9. The van der Waals surface area contributed by atoms with Gasteiger partial charge < -0.3 is 10.7 Å². The van der Waals surface area contributed by atoms with Gasteiger partial charge in [-0.3, -0.25) is 14.6 Å². The van der Waals surface area contributed by atoms with Crippen LogP contribution in [0.15, 0.2) is 84.0 Å². The fourth-order valence-corrected chi connectivity index (χ4v) is 4.19. The minimum absolute atomic E-state index is 0.324. The zero-order valence-electron chi connectivity index (χ0n) is 18.5. The number of carbonyl (C=O) groups is 2. The normalized spacial score (nSPS) is 18.3. The smallest absolute Gasteiger partial charge is 0.258 e. The van der Waals surface area contributed by atoms with Crippen LogP contribution in [0.1, 0.15) is 34.0 Å². The number of anilines is 1. The fraction of sp³-hybridized carbons (Fsp3) is 0.192. The van der Waals surface area contributed by atoms with Crippen LogP contribution < -0.4 is 16.7 Å². The molecule has 0 saturated carbocycles. The molecule has 0 fully saturated rings. The number of nitrogens with two attached hydrogens (primary N) is 2. The first kappa shape index (κ1) is 22.2. The summed E-state index contributed by atoms with van der Waals surface area (Å²) in [5, 5.41) is 4.83. The molecule has 3 aromatic carbocycles. The van der Waals surface area contributed by atoms with Crippen LogP contribution in [0.4, 0.5) is 5.69 Å². The third-order valence-electron chi connectivity index (χ3n) is 6.15. The quantitative estimate of drug-likeness (QED) is 0.201. The number of fused-ring (bicyclic) bond motifs is 1. The second kappa shape index (κ2) is 9.26. The molecule has 7 nitrogen and oxygen atoms in total. The van der Waals surface area contributed by atoms with E-state index in [9.17, 15) is 9.59 Å². The maximum Gasteiger partial charge on any atom is 0.258 e. The average molecular weight is 442 g/mol. The molecular weight excluding hydrogens is 414 g/mol. The predicted octanol–water partition coefficient (Wildman–Crippen LogP) is 2.89. The highest BCUT2D eigenvalue weighted by Gasteiger charge is 2.50. The molecule has 0 bridgehead atoms. The van der Waals surface area contributed by atoms with Crippen molar-refractivity contribution in [3.63, 3.8) is 0 Å². The molecule has 0 radical (unpaired) electrons. The van der Waals surface area contributed by atoms with Gasteiger partial charge >= 0.3 is 0 Å². The monoisotopic (exact) mass is 441 g/mol. The Labute approximate surface area is 193 Å². The van der Waals surface area contributed by atoms with Gasteiger partial charge in [-0.2, -0.15) is 5.10 Å². The van der Waals surface area contributed by atoms with Crippen LogP contribution >= 0.6 is 0 Å². The predicted molar refractivity (Wildman–Crippen MR) is 130 cm³/mol. The average Bonchev–Trinajstić information content (AvgIpc) is 2.93. The number of nitrogens with zero attached hydrogens (tertiary/aromatic N) is 3. The van der Waals surface area contributed by atoms with Crippen molar-refractivity contribution >= 4 is 23.6 Å². The Kier molecular flexibility index (Phi) is 6.24. The van der Waals surface area contributed by atoms with Crippen LogP contribution in [-0.4, -0.2) is 34.9 Å². The molecule has 1 unspecified atom stereocenters. The number of amides is 1. The minimum Gasteiger partial charge on any atom is -0.335 e. The van der Waals surface area contributed by atoms with Crippen LogP contribution in [0, 0.1) is 0 Å². The Hall–Kier alpha value is -3.97. The molecule has 4 N–H and O–H groups in total. The van der Waals surface area contributed by atoms with E-state index in [-0.39, 0.29) is 11.7 Å². The van der Waals surface area contributed by atoms with E-state index in [0.717, 1.165) is 16.7 Å². The second-order valence-corrected chi connectivity index (χ2v) is 8.26.